The number of unbranched alkanes of at least 4 members (excludes halogenated alkanes) is 2. The van der Waals surface area contributed by atoms with Crippen molar-refractivity contribution in [3.8, 4) is 11.5 Å². The average molecular weight is 1060 g/mol. The lowest BCUT2D eigenvalue weighted by Gasteiger charge is -2.18. The monoisotopic (exact) mass is 1060 g/mol. The van der Waals surface area contributed by atoms with Crippen molar-refractivity contribution in [1.29, 1.82) is 0 Å². The van der Waals surface area contributed by atoms with Crippen LogP contribution in [0.2, 0.25) is 0 Å². The van der Waals surface area contributed by atoms with E-state index in [1.54, 1.807) is 0 Å². The van der Waals surface area contributed by atoms with E-state index in [1.807, 2.05) is 0 Å². The lowest BCUT2D eigenvalue weighted by molar-refractivity contribution is 0.279. The summed E-state index contributed by atoms with van der Waals surface area (Å²) in [6.45, 7) is 1.31. The molecule has 0 radical (unpaired) electrons. The van der Waals surface area contributed by atoms with Crippen molar-refractivity contribution in [1.82, 2.24) is 19.9 Å². The van der Waals surface area contributed by atoms with Gasteiger partial charge in [0.15, 0.2) is 0 Å². The van der Waals surface area contributed by atoms with Crippen molar-refractivity contribution >= 4 is 107 Å². The fraction of sp³-hybridized carbons (Fsp3) is 0.137. The zero-order valence-electron chi connectivity index (χ0n) is 32.9. The summed E-state index contributed by atoms with van der Waals surface area (Å²) >= 11 is 14.8. The van der Waals surface area contributed by atoms with Crippen LogP contribution >= 0.6 is 63.7 Å². The number of fused-ring (bicyclic) bond motifs is 4. The molecule has 10 aromatic rings. The highest BCUT2D eigenvalue weighted by Gasteiger charge is 2.25. The van der Waals surface area contributed by atoms with Crippen LogP contribution in [0.3, 0.4) is 0 Å². The van der Waals surface area contributed by atoms with Gasteiger partial charge in [0.05, 0.1) is 13.2 Å². The molecule has 6 nitrogen and oxygen atoms in total. The molecule has 0 spiro atoms. The number of aromatic nitrogens is 4. The first-order valence-electron chi connectivity index (χ1n) is 20.4. The van der Waals surface area contributed by atoms with Gasteiger partial charge in [0.2, 0.25) is 0 Å². The summed E-state index contributed by atoms with van der Waals surface area (Å²) in [7, 11) is 0. The van der Waals surface area contributed by atoms with Gasteiger partial charge in [0.1, 0.15) is 11.5 Å². The second-order valence-electron chi connectivity index (χ2n) is 15.5. The Bertz CT molecular complexity index is 2770. The molecular formula is C51H40Br4N4O2. The fourth-order valence-corrected chi connectivity index (χ4v) is 10.2. The second-order valence-corrected chi connectivity index (χ2v) is 19.2. The molecule has 10 heteroatoms. The van der Waals surface area contributed by atoms with E-state index < -0.39 is 0 Å². The highest BCUT2D eigenvalue weighted by Crippen LogP contribution is 2.43. The maximum Gasteiger partial charge on any atom is 0.119 e. The first kappa shape index (κ1) is 40.1. The molecule has 4 heterocycles. The van der Waals surface area contributed by atoms with Crippen LogP contribution in [0.4, 0.5) is 0 Å². The average Bonchev–Trinajstić information content (AvgIpc) is 4.08. The highest BCUT2D eigenvalue weighted by atomic mass is 79.9. The summed E-state index contributed by atoms with van der Waals surface area (Å²) in [4.78, 5) is 14.0. The molecule has 10 rings (SSSR count). The number of nitrogens with one attached hydrogen (secondary N) is 4. The van der Waals surface area contributed by atoms with Gasteiger partial charge in [-0.1, -0.05) is 88.0 Å². The van der Waals surface area contributed by atoms with Gasteiger partial charge in [-0.2, -0.15) is 0 Å². The molecule has 61 heavy (non-hydrogen) atoms. The summed E-state index contributed by atoms with van der Waals surface area (Å²) < 4.78 is 16.7. The second kappa shape index (κ2) is 17.4. The van der Waals surface area contributed by atoms with Crippen LogP contribution in [0.5, 0.6) is 11.5 Å². The molecule has 0 atom stereocenters. The number of benzene rings is 6. The quantitative estimate of drug-likeness (QED) is 0.0819. The largest absolute Gasteiger partial charge is 0.494 e. The van der Waals surface area contributed by atoms with Gasteiger partial charge >= 0.3 is 0 Å². The number of rotatable bonds is 14. The van der Waals surface area contributed by atoms with E-state index in [2.05, 4.69) is 230 Å². The van der Waals surface area contributed by atoms with Crippen LogP contribution in [0.1, 0.15) is 64.5 Å². The number of H-pyrrole nitrogens is 4. The Morgan fingerprint density at radius 1 is 0.361 bits per heavy atom. The molecule has 4 N–H and O–H groups in total. The van der Waals surface area contributed by atoms with Gasteiger partial charge in [-0.15, -0.1) is 0 Å². The van der Waals surface area contributed by atoms with Crippen LogP contribution in [0.25, 0.3) is 43.6 Å². The van der Waals surface area contributed by atoms with Gasteiger partial charge in [-0.3, -0.25) is 0 Å². The first-order chi connectivity index (χ1) is 29.9. The number of ether oxygens (including phenoxy) is 2. The van der Waals surface area contributed by atoms with Gasteiger partial charge < -0.3 is 29.4 Å². The Hall–Kier alpha value is -5.00. The van der Waals surface area contributed by atoms with Crippen molar-refractivity contribution in [2.45, 2.75) is 31.1 Å². The number of hydrogen-bond donors (Lipinski definition) is 4. The normalized spacial score (nSPS) is 11.9. The minimum Gasteiger partial charge on any atom is -0.494 e. The lowest BCUT2D eigenvalue weighted by atomic mass is 9.85. The van der Waals surface area contributed by atoms with E-state index in [1.165, 1.54) is 54.9 Å². The van der Waals surface area contributed by atoms with Gasteiger partial charge in [-0.25, -0.2) is 0 Å². The van der Waals surface area contributed by atoms with E-state index in [-0.39, 0.29) is 11.8 Å². The van der Waals surface area contributed by atoms with Gasteiger partial charge in [0.25, 0.3) is 0 Å². The van der Waals surface area contributed by atoms with E-state index in [0.29, 0.717) is 13.2 Å². The zero-order chi connectivity index (χ0) is 41.5. The van der Waals surface area contributed by atoms with E-state index in [9.17, 15) is 0 Å². The van der Waals surface area contributed by atoms with Crippen LogP contribution in [0.15, 0.2) is 164 Å². The molecule has 0 unspecified atom stereocenters. The minimum absolute atomic E-state index is 0.0158. The smallest absolute Gasteiger partial charge is 0.119 e. The molecular weight excluding hydrogens is 1020 g/mol. The Labute approximate surface area is 387 Å². The molecule has 304 valence electrons. The van der Waals surface area contributed by atoms with Crippen molar-refractivity contribution in [3.05, 3.63) is 197 Å². The van der Waals surface area contributed by atoms with Crippen LogP contribution < -0.4 is 9.47 Å². The fourth-order valence-electron chi connectivity index (χ4n) is 8.74. The first-order valence-corrected chi connectivity index (χ1v) is 23.5. The van der Waals surface area contributed by atoms with Crippen molar-refractivity contribution in [2.24, 2.45) is 0 Å². The molecule has 0 amide bonds. The molecule has 0 saturated heterocycles. The maximum absolute atomic E-state index is 6.25. The molecule has 4 aromatic heterocycles. The van der Waals surface area contributed by atoms with Gasteiger partial charge in [0, 0.05) is 98.1 Å². The third-order valence-corrected chi connectivity index (χ3v) is 13.7. The van der Waals surface area contributed by atoms with Crippen LogP contribution in [-0.4, -0.2) is 33.1 Å². The van der Waals surface area contributed by atoms with Gasteiger partial charge in [-0.05, 0) is 150 Å². The van der Waals surface area contributed by atoms with E-state index in [0.717, 1.165) is 70.7 Å². The summed E-state index contributed by atoms with van der Waals surface area (Å²) in [5, 5.41) is 4.79. The molecule has 6 aromatic carbocycles. The predicted octanol–water partition coefficient (Wildman–Crippen LogP) is 15.7. The Kier molecular flexibility index (Phi) is 11.4. The molecule has 0 saturated carbocycles. The van der Waals surface area contributed by atoms with Crippen LogP contribution in [0, 0.1) is 0 Å². The number of halogens is 4. The zero-order valence-corrected chi connectivity index (χ0v) is 39.2. The summed E-state index contributed by atoms with van der Waals surface area (Å²) in [5.74, 6) is 1.78. The summed E-state index contributed by atoms with van der Waals surface area (Å²) in [5.41, 5.74) is 11.8. The molecule has 0 aliphatic carbocycles. The third-order valence-electron chi connectivity index (χ3n) is 11.7. The highest BCUT2D eigenvalue weighted by molar-refractivity contribution is 9.11. The number of aromatic amines is 4. The van der Waals surface area contributed by atoms with Crippen molar-refractivity contribution in [3.63, 3.8) is 0 Å². The SMILES string of the molecule is Brc1ccc2[nH]cc(C(c3ccc(OCCCCCOc4ccc(C(c5c[nH]c6ccc(Br)cc56)c5c[nH]c6ccc(Br)cc56)cc4)cc3)c3c[nH]c4ccc(Br)cc34)c2c1. The Balaban J connectivity index is 0.773. The topological polar surface area (TPSA) is 81.6 Å². The molecule has 0 aliphatic rings. The maximum atomic E-state index is 6.25. The third kappa shape index (κ3) is 8.23. The van der Waals surface area contributed by atoms with Crippen molar-refractivity contribution in [2.75, 3.05) is 13.2 Å². The molecule has 0 bridgehead atoms. The van der Waals surface area contributed by atoms with Crippen LogP contribution in [-0.2, 0) is 0 Å². The lowest BCUT2D eigenvalue weighted by Crippen LogP contribution is -2.04. The summed E-state index contributed by atoms with van der Waals surface area (Å²) in [6, 6.07) is 42.8. The molecule has 0 fully saturated rings. The predicted molar refractivity (Wildman–Crippen MR) is 264 cm³/mol. The standard InChI is InChI=1S/C51H40Br4N4O2/c52-32-8-16-46-38(22-32)42(26-56-46)50(43-27-57-47-17-9-33(53)23-39(43)47)30-4-12-36(13-5-30)60-20-2-1-3-21-61-37-14-6-31(7-15-37)51(44-28-58-48-18-10-34(54)24-40(44)48)45-29-59-49-19-11-35(55)25-41(45)49/h4-19,22-29,50-51,56-59H,1-3,20-21H2. The van der Waals surface area contributed by atoms with E-state index >= 15 is 0 Å². The van der Waals surface area contributed by atoms with Crippen molar-refractivity contribution < 1.29 is 9.47 Å². The minimum atomic E-state index is 0.0158. The Morgan fingerprint density at radius 3 is 0.951 bits per heavy atom. The number of hydrogen-bond acceptors (Lipinski definition) is 2. The Morgan fingerprint density at radius 2 is 0.656 bits per heavy atom. The summed E-state index contributed by atoms with van der Waals surface area (Å²) in [6.07, 6.45) is 11.5. The van der Waals surface area contributed by atoms with E-state index in [4.69, 9.17) is 9.47 Å². The molecule has 0 aliphatic heterocycles.